The van der Waals surface area contributed by atoms with E-state index in [2.05, 4.69) is 16.3 Å². The van der Waals surface area contributed by atoms with Gasteiger partial charge in [0, 0.05) is 19.4 Å². The van der Waals surface area contributed by atoms with Gasteiger partial charge in [-0.3, -0.25) is 9.59 Å². The summed E-state index contributed by atoms with van der Waals surface area (Å²) in [5, 5.41) is 0. The van der Waals surface area contributed by atoms with Gasteiger partial charge in [-0.05, 0) is 6.07 Å². The van der Waals surface area contributed by atoms with Crippen LogP contribution in [0.25, 0.3) is 0 Å². The number of carbonyl (C=O) groups is 2. The Morgan fingerprint density at radius 2 is 1.89 bits per heavy atom. The molecule has 0 saturated carbocycles. The summed E-state index contributed by atoms with van der Waals surface area (Å²) in [6, 6.07) is 6.94. The van der Waals surface area contributed by atoms with Crippen molar-refractivity contribution >= 4 is 28.2 Å². The molecule has 1 rings (SSSR count). The van der Waals surface area contributed by atoms with Crippen LogP contribution in [-0.2, 0) is 14.3 Å². The van der Waals surface area contributed by atoms with Crippen LogP contribution in [0.15, 0.2) is 35.3 Å². The van der Waals surface area contributed by atoms with Crippen LogP contribution in [0, 0.1) is 0 Å². The Bertz CT molecular complexity index is 468. The van der Waals surface area contributed by atoms with Crippen molar-refractivity contribution in [1.82, 2.24) is 0 Å². The first-order valence-electron chi connectivity index (χ1n) is 5.37. The second-order valence-electron chi connectivity index (χ2n) is 3.55. The minimum absolute atomic E-state index is 0.388. The topological polar surface area (TPSA) is 52.6 Å². The van der Waals surface area contributed by atoms with E-state index in [9.17, 15) is 9.59 Å². The molecular formula is C13H13AlO4. The highest BCUT2D eigenvalue weighted by Crippen LogP contribution is 2.28. The zero-order valence-electron chi connectivity index (χ0n) is 10.3. The van der Waals surface area contributed by atoms with E-state index in [0.29, 0.717) is 11.3 Å². The van der Waals surface area contributed by atoms with Crippen LogP contribution in [0.4, 0.5) is 0 Å². The molecule has 0 fully saturated rings. The fourth-order valence-corrected chi connectivity index (χ4v) is 1.65. The van der Waals surface area contributed by atoms with Gasteiger partial charge in [-0.2, -0.15) is 4.94 Å². The molecule has 5 heteroatoms. The largest absolute Gasteiger partial charge is 0.453 e. The number of hydrogen-bond donors (Lipinski definition) is 0. The molecule has 0 aliphatic carbocycles. The minimum atomic E-state index is -0.574. The Morgan fingerprint density at radius 1 is 1.22 bits per heavy atom. The number of benzene rings is 1. The highest BCUT2D eigenvalue weighted by Gasteiger charge is 2.16. The molecule has 0 aliphatic rings. The van der Waals surface area contributed by atoms with Crippen molar-refractivity contribution in [1.29, 1.82) is 0 Å². The van der Waals surface area contributed by atoms with Crippen molar-refractivity contribution in [3.8, 4) is 5.75 Å². The second kappa shape index (κ2) is 7.00. The summed E-state index contributed by atoms with van der Waals surface area (Å²) in [4.78, 5) is 23.8. The number of carbonyl (C=O) groups excluding carboxylic acids is 2. The molecule has 1 aromatic rings. The zero-order valence-corrected chi connectivity index (χ0v) is 11.4. The smallest absolute Gasteiger partial charge is 0.308 e. The van der Waals surface area contributed by atoms with E-state index in [0.717, 1.165) is 0 Å². The Hall–Kier alpha value is -1.57. The third-order valence-corrected chi connectivity index (χ3v) is 2.28. The van der Waals surface area contributed by atoms with Crippen LogP contribution in [0.5, 0.6) is 5.75 Å². The molecule has 4 nitrogen and oxygen atoms in total. The SMILES string of the molecule is CC(=O)Oc1ccccc1C(/C=[CH]/[Al])OC(C)=O. The van der Waals surface area contributed by atoms with Gasteiger partial charge in [0.05, 0.1) is 0 Å². The highest BCUT2D eigenvalue weighted by atomic mass is 27.0. The number of rotatable bonds is 4. The molecule has 0 heterocycles. The Balaban J connectivity index is 3.10. The van der Waals surface area contributed by atoms with Crippen LogP contribution in [0.3, 0.4) is 0 Å². The fraction of sp³-hybridized carbons (Fsp3) is 0.231. The Kier molecular flexibility index (Phi) is 5.63. The molecule has 1 aromatic carbocycles. The van der Waals surface area contributed by atoms with Crippen molar-refractivity contribution in [2.24, 2.45) is 0 Å². The molecule has 2 radical (unpaired) electrons. The van der Waals surface area contributed by atoms with Crippen LogP contribution in [-0.4, -0.2) is 28.2 Å². The summed E-state index contributed by atoms with van der Waals surface area (Å²) in [6.45, 7) is 2.65. The predicted octanol–water partition coefficient (Wildman–Crippen LogP) is 1.90. The van der Waals surface area contributed by atoms with Gasteiger partial charge in [-0.25, -0.2) is 0 Å². The quantitative estimate of drug-likeness (QED) is 0.471. The van der Waals surface area contributed by atoms with Gasteiger partial charge in [0.2, 0.25) is 0 Å². The Morgan fingerprint density at radius 3 is 2.44 bits per heavy atom. The van der Waals surface area contributed by atoms with Gasteiger partial charge < -0.3 is 9.47 Å². The molecular weight excluding hydrogens is 247 g/mol. The maximum atomic E-state index is 11.1. The van der Waals surface area contributed by atoms with Crippen molar-refractivity contribution in [3.05, 3.63) is 40.8 Å². The lowest BCUT2D eigenvalue weighted by Crippen LogP contribution is -2.10. The molecule has 0 N–H and O–H groups in total. The predicted molar refractivity (Wildman–Crippen MR) is 67.2 cm³/mol. The van der Waals surface area contributed by atoms with E-state index in [-0.39, 0.29) is 0 Å². The zero-order chi connectivity index (χ0) is 13.5. The third kappa shape index (κ3) is 4.36. The van der Waals surface area contributed by atoms with Gasteiger partial charge in [0.15, 0.2) is 16.3 Å². The first-order chi connectivity index (χ1) is 8.54. The lowest BCUT2D eigenvalue weighted by Gasteiger charge is -2.16. The van der Waals surface area contributed by atoms with E-state index in [1.165, 1.54) is 13.8 Å². The Labute approximate surface area is 114 Å². The van der Waals surface area contributed by atoms with E-state index >= 15 is 0 Å². The van der Waals surface area contributed by atoms with Gasteiger partial charge in [0.1, 0.15) is 11.9 Å². The van der Waals surface area contributed by atoms with Gasteiger partial charge in [-0.1, -0.05) is 24.3 Å². The summed E-state index contributed by atoms with van der Waals surface area (Å²) in [7, 11) is 0. The maximum absolute atomic E-state index is 11.1. The minimum Gasteiger partial charge on any atom is -0.453 e. The second-order valence-corrected chi connectivity index (χ2v) is 3.93. The van der Waals surface area contributed by atoms with Crippen LogP contribution in [0.1, 0.15) is 25.5 Å². The number of ether oxygens (including phenoxy) is 2. The summed E-state index contributed by atoms with van der Waals surface area (Å²) in [5.41, 5.74) is 0.626. The molecule has 0 aliphatic heterocycles. The van der Waals surface area contributed by atoms with Crippen molar-refractivity contribution in [2.45, 2.75) is 20.0 Å². The average Bonchev–Trinajstić information content (AvgIpc) is 2.28. The van der Waals surface area contributed by atoms with E-state index < -0.39 is 18.0 Å². The molecule has 0 aromatic heterocycles. The van der Waals surface area contributed by atoms with Gasteiger partial charge in [0.25, 0.3) is 0 Å². The number of esters is 2. The molecule has 18 heavy (non-hydrogen) atoms. The molecule has 0 bridgehead atoms. The third-order valence-electron chi connectivity index (χ3n) is 2.06. The molecule has 0 amide bonds. The molecule has 0 saturated heterocycles. The number of hydrogen-bond acceptors (Lipinski definition) is 4. The first kappa shape index (κ1) is 14.5. The van der Waals surface area contributed by atoms with Crippen LogP contribution < -0.4 is 4.74 Å². The fourth-order valence-electron chi connectivity index (χ4n) is 1.45. The van der Waals surface area contributed by atoms with Crippen molar-refractivity contribution < 1.29 is 19.1 Å². The van der Waals surface area contributed by atoms with Crippen LogP contribution in [0.2, 0.25) is 0 Å². The lowest BCUT2D eigenvalue weighted by molar-refractivity contribution is -0.144. The molecule has 0 spiro atoms. The highest BCUT2D eigenvalue weighted by molar-refractivity contribution is 6.17. The van der Waals surface area contributed by atoms with Crippen molar-refractivity contribution in [3.63, 3.8) is 0 Å². The summed E-state index contributed by atoms with van der Waals surface area (Å²) < 4.78 is 10.3. The monoisotopic (exact) mass is 260 g/mol. The maximum Gasteiger partial charge on any atom is 0.308 e. The average molecular weight is 260 g/mol. The van der Waals surface area contributed by atoms with E-state index in [1.54, 1.807) is 35.3 Å². The van der Waals surface area contributed by atoms with E-state index in [4.69, 9.17) is 9.47 Å². The summed E-state index contributed by atoms with van der Waals surface area (Å²) >= 11 is 2.41. The normalized spacial score (nSPS) is 12.1. The standard InChI is InChI=1S/C13H13O4.Al/c1-4-12(16-9(2)14)11-7-5-6-8-13(11)17-10(3)15;/h1,4-8,12H,2-3H3;. The lowest BCUT2D eigenvalue weighted by atomic mass is 10.1. The first-order valence-corrected chi connectivity index (χ1v) is 6.04. The van der Waals surface area contributed by atoms with E-state index in [1.807, 2.05) is 0 Å². The van der Waals surface area contributed by atoms with Crippen LogP contribution >= 0.6 is 0 Å². The number of para-hydroxylation sites is 1. The summed E-state index contributed by atoms with van der Waals surface area (Å²) in [5.74, 6) is -0.432. The van der Waals surface area contributed by atoms with Gasteiger partial charge >= 0.3 is 11.9 Å². The molecule has 1 unspecified atom stereocenters. The van der Waals surface area contributed by atoms with Gasteiger partial charge in [-0.15, -0.1) is 0 Å². The van der Waals surface area contributed by atoms with Crippen molar-refractivity contribution in [2.75, 3.05) is 0 Å². The molecule has 92 valence electrons. The summed E-state index contributed by atoms with van der Waals surface area (Å²) in [6.07, 6.45) is 1.12. The molecule has 1 atom stereocenters.